The van der Waals surface area contributed by atoms with Gasteiger partial charge in [-0.3, -0.25) is 0 Å². The van der Waals surface area contributed by atoms with Crippen molar-refractivity contribution in [3.8, 4) is 17.2 Å². The molecule has 0 unspecified atom stereocenters. The number of nitrogens with one attached hydrogen (secondary N) is 1. The van der Waals surface area contributed by atoms with Crippen molar-refractivity contribution in [3.05, 3.63) is 122 Å². The van der Waals surface area contributed by atoms with Gasteiger partial charge in [-0.15, -0.1) is 0 Å². The lowest BCUT2D eigenvalue weighted by atomic mass is 10.2. The molecule has 0 radical (unpaired) electrons. The molecule has 6 aromatic rings. The number of benzene rings is 4. The molecular weight excluding hydrogens is 803 g/mol. The highest BCUT2D eigenvalue weighted by atomic mass is 35.5. The number of rotatable bonds is 8. The highest BCUT2D eigenvalue weighted by Gasteiger charge is 2.18. The van der Waals surface area contributed by atoms with Crippen LogP contribution in [0.4, 0.5) is 40.3 Å². The van der Waals surface area contributed by atoms with Crippen LogP contribution in [0, 0.1) is 0 Å². The molecule has 60 heavy (non-hydrogen) atoms. The molecule has 2 fully saturated rings. The van der Waals surface area contributed by atoms with Crippen molar-refractivity contribution in [3.63, 3.8) is 0 Å². The van der Waals surface area contributed by atoms with E-state index in [2.05, 4.69) is 52.6 Å². The van der Waals surface area contributed by atoms with Crippen LogP contribution in [0.5, 0.6) is 17.2 Å². The Morgan fingerprint density at radius 2 is 0.967 bits per heavy atom. The van der Waals surface area contributed by atoms with Crippen molar-refractivity contribution in [2.45, 2.75) is 0 Å². The first-order chi connectivity index (χ1) is 28.2. The lowest BCUT2D eigenvalue weighted by Crippen LogP contribution is -3.00. The number of aromatic hydroxyl groups is 2. The fraction of sp³-hybridized carbons (Fsp3) is 0.302. The minimum absolute atomic E-state index is 0. The average Bonchev–Trinajstić information content (AvgIpc) is 3.76. The summed E-state index contributed by atoms with van der Waals surface area (Å²) < 4.78 is 12.8. The summed E-state index contributed by atoms with van der Waals surface area (Å²) in [5.74, 6) is 3.06. The zero-order chi connectivity index (χ0) is 40.9. The van der Waals surface area contributed by atoms with Crippen LogP contribution >= 0.6 is 0 Å². The van der Waals surface area contributed by atoms with Crippen LogP contribution in [0.2, 0.25) is 0 Å². The van der Waals surface area contributed by atoms with Gasteiger partial charge in [-0.2, -0.15) is 0 Å². The molecule has 4 heterocycles. The first-order valence-electron chi connectivity index (χ1n) is 19.3. The van der Waals surface area contributed by atoms with Gasteiger partial charge in [0.2, 0.25) is 0 Å². The van der Waals surface area contributed by atoms with Crippen LogP contribution in [-0.4, -0.2) is 78.8 Å². The van der Waals surface area contributed by atoms with E-state index >= 15 is 0 Å². The average molecular weight is 858 g/mol. The Morgan fingerprint density at radius 3 is 1.37 bits per heavy atom. The fourth-order valence-corrected chi connectivity index (χ4v) is 6.56. The molecule has 0 aliphatic carbocycles. The SMILES string of the molecule is COc1ccc(N=Nc2n(C)cc[n+]2C)cc1.Cn1cc[n+](C)c1N=Nc1ccc(N2CCN(c3cccc(O)c3)CC2)cc1.Oc1cccc(N2CCNCC2)c1.[Cl-].[Cl-]. The number of azo groups is 2. The van der Waals surface area contributed by atoms with Gasteiger partial charge in [-0.1, -0.05) is 22.4 Å². The summed E-state index contributed by atoms with van der Waals surface area (Å²) in [7, 11) is 9.41. The molecule has 4 aromatic carbocycles. The third-order valence-corrected chi connectivity index (χ3v) is 9.87. The number of nitrogens with zero attached hydrogens (tertiary/aromatic N) is 11. The van der Waals surface area contributed by atoms with Gasteiger partial charge in [0.15, 0.2) is 0 Å². The van der Waals surface area contributed by atoms with E-state index in [4.69, 9.17) is 4.74 Å². The largest absolute Gasteiger partial charge is 1.00 e. The Hall–Kier alpha value is -6.16. The maximum absolute atomic E-state index is 9.68. The molecule has 318 valence electrons. The topological polar surface area (TPSA) is 138 Å². The number of halogens is 2. The van der Waals surface area contributed by atoms with Crippen molar-refractivity contribution in [1.29, 1.82) is 0 Å². The number of ether oxygens (including phenoxy) is 1. The van der Waals surface area contributed by atoms with E-state index in [0.717, 1.165) is 92.8 Å². The van der Waals surface area contributed by atoms with Gasteiger partial charge in [-0.05, 0) is 72.8 Å². The Kier molecular flexibility index (Phi) is 17.7. The number of piperazine rings is 2. The molecule has 8 rings (SSSR count). The van der Waals surface area contributed by atoms with Crippen LogP contribution in [0.3, 0.4) is 0 Å². The first kappa shape index (κ1) is 46.5. The molecule has 0 amide bonds. The van der Waals surface area contributed by atoms with E-state index in [1.807, 2.05) is 144 Å². The van der Waals surface area contributed by atoms with Gasteiger partial charge in [0.05, 0.1) is 60.1 Å². The maximum atomic E-state index is 9.68. The lowest BCUT2D eigenvalue weighted by molar-refractivity contribution is -0.657. The molecule has 17 heteroatoms. The summed E-state index contributed by atoms with van der Waals surface area (Å²) in [6.45, 7) is 7.81. The highest BCUT2D eigenvalue weighted by Crippen LogP contribution is 2.26. The number of anilines is 3. The van der Waals surface area contributed by atoms with E-state index in [0.29, 0.717) is 11.5 Å². The number of hydrogen-bond acceptors (Lipinski definition) is 11. The van der Waals surface area contributed by atoms with Crippen LogP contribution in [-0.2, 0) is 28.2 Å². The number of methoxy groups -OCH3 is 1. The number of imidazole rings is 2. The van der Waals surface area contributed by atoms with Crippen LogP contribution in [0.1, 0.15) is 0 Å². The first-order valence-corrected chi connectivity index (χ1v) is 19.3. The smallest absolute Gasteiger partial charge is 0.421 e. The van der Waals surface area contributed by atoms with Gasteiger partial charge >= 0.3 is 11.9 Å². The van der Waals surface area contributed by atoms with E-state index in [-0.39, 0.29) is 24.8 Å². The molecule has 15 nitrogen and oxygen atoms in total. The van der Waals surface area contributed by atoms with Gasteiger partial charge in [0.25, 0.3) is 0 Å². The van der Waals surface area contributed by atoms with Crippen molar-refractivity contribution in [2.75, 3.05) is 74.2 Å². The zero-order valence-electron chi connectivity index (χ0n) is 34.7. The summed E-state index contributed by atoms with van der Waals surface area (Å²) in [6, 6.07) is 30.5. The van der Waals surface area contributed by atoms with E-state index in [9.17, 15) is 10.2 Å². The number of phenols is 2. The Bertz CT molecular complexity index is 2230. The lowest BCUT2D eigenvalue weighted by Gasteiger charge is -2.37. The van der Waals surface area contributed by atoms with Crippen molar-refractivity contribution < 1.29 is 48.9 Å². The molecule has 2 aliphatic heterocycles. The van der Waals surface area contributed by atoms with E-state index in [1.165, 1.54) is 5.69 Å². The second-order valence-electron chi connectivity index (χ2n) is 14.0. The second kappa shape index (κ2) is 22.8. The molecular formula is C43H54Cl2N12O3. The molecule has 0 bridgehead atoms. The van der Waals surface area contributed by atoms with Gasteiger partial charge in [0.1, 0.15) is 28.6 Å². The Morgan fingerprint density at radius 1 is 0.550 bits per heavy atom. The number of phenolic OH excluding ortho intramolecular Hbond substituents is 2. The predicted molar refractivity (Wildman–Crippen MR) is 227 cm³/mol. The summed E-state index contributed by atoms with van der Waals surface area (Å²) in [6.07, 6.45) is 7.77. The van der Waals surface area contributed by atoms with Gasteiger partial charge < -0.3 is 59.8 Å². The van der Waals surface area contributed by atoms with E-state index < -0.39 is 0 Å². The van der Waals surface area contributed by atoms with Crippen LogP contribution in [0.25, 0.3) is 0 Å². The second-order valence-corrected chi connectivity index (χ2v) is 14.0. The molecule has 2 saturated heterocycles. The molecule has 0 spiro atoms. The van der Waals surface area contributed by atoms with Crippen molar-refractivity contribution >= 4 is 40.3 Å². The monoisotopic (exact) mass is 856 g/mol. The Labute approximate surface area is 364 Å². The quantitative estimate of drug-likeness (QED) is 0.149. The van der Waals surface area contributed by atoms with Gasteiger partial charge in [0, 0.05) is 91.8 Å². The van der Waals surface area contributed by atoms with Crippen molar-refractivity contribution in [2.24, 2.45) is 48.6 Å². The standard InChI is InChI=1S/C21H24N6O.C12H15N4O.C10H14N2O.2ClH/c1-24-10-11-25(2)21(24)23-22-17-6-8-18(9-7-17)26-12-14-27(15-13-26)19-4-3-5-20(28)16-19;1-15-8-9-16(2)12(15)14-13-10-4-6-11(17-3)7-5-10;13-10-3-1-2-9(8-10)12-6-4-11-5-7-12;;/h3-11,16H,12-15H2,1-2H3;4-9H,1-3H3;1-3,8,11,13H,4-7H2;2*1H/q;+1;;;/p-1. The zero-order valence-corrected chi connectivity index (χ0v) is 36.2. The fourth-order valence-electron chi connectivity index (χ4n) is 6.56. The summed E-state index contributed by atoms with van der Waals surface area (Å²) >= 11 is 0. The number of aromatic nitrogens is 4. The third-order valence-electron chi connectivity index (χ3n) is 9.87. The summed E-state index contributed by atoms with van der Waals surface area (Å²) in [5, 5.41) is 39.3. The molecule has 3 N–H and O–H groups in total. The molecule has 0 atom stereocenters. The van der Waals surface area contributed by atoms with E-state index in [1.54, 1.807) is 19.2 Å². The number of aryl methyl sites for hydroxylation is 4. The third kappa shape index (κ3) is 12.9. The Balaban J connectivity index is 0.000000212. The minimum Gasteiger partial charge on any atom is -1.00 e. The van der Waals surface area contributed by atoms with Crippen LogP contribution < -0.4 is 58.7 Å². The molecule has 2 aromatic heterocycles. The maximum Gasteiger partial charge on any atom is 0.421 e. The normalized spacial score (nSPS) is 13.8. The summed E-state index contributed by atoms with van der Waals surface area (Å²) in [4.78, 5) is 6.95. The number of hydrogen-bond donors (Lipinski definition) is 3. The highest BCUT2D eigenvalue weighted by molar-refractivity contribution is 5.56. The minimum atomic E-state index is 0. The van der Waals surface area contributed by atoms with Crippen LogP contribution in [0.15, 0.2) is 142 Å². The molecule has 0 saturated carbocycles. The van der Waals surface area contributed by atoms with Crippen molar-refractivity contribution in [1.82, 2.24) is 14.5 Å². The van der Waals surface area contributed by atoms with Gasteiger partial charge in [-0.25, -0.2) is 18.3 Å². The molecule has 2 aliphatic rings. The summed E-state index contributed by atoms with van der Waals surface area (Å²) in [5.41, 5.74) is 5.01. The predicted octanol–water partition coefficient (Wildman–Crippen LogP) is 0.381.